The van der Waals surface area contributed by atoms with E-state index in [1.807, 2.05) is 6.92 Å². The summed E-state index contributed by atoms with van der Waals surface area (Å²) < 4.78 is 19.0. The minimum atomic E-state index is -0.441. The Morgan fingerprint density at radius 1 is 1.21 bits per heavy atom. The lowest BCUT2D eigenvalue weighted by atomic mass is 9.99. The first-order valence-electron chi connectivity index (χ1n) is 5.66. The van der Waals surface area contributed by atoms with Crippen LogP contribution in [0.3, 0.4) is 0 Å². The molecule has 0 bridgehead atoms. The van der Waals surface area contributed by atoms with Crippen molar-refractivity contribution in [2.45, 2.75) is 6.92 Å². The Bertz CT molecular complexity index is 618. The van der Waals surface area contributed by atoms with Crippen LogP contribution in [0.5, 0.6) is 5.75 Å². The maximum Gasteiger partial charge on any atom is 0.193 e. The van der Waals surface area contributed by atoms with E-state index >= 15 is 0 Å². The Balaban J connectivity index is 2.44. The summed E-state index contributed by atoms with van der Waals surface area (Å²) in [5.41, 5.74) is 1.66. The minimum Gasteiger partial charge on any atom is -0.497 e. The summed E-state index contributed by atoms with van der Waals surface area (Å²) in [4.78, 5) is 12.3. The summed E-state index contributed by atoms with van der Waals surface area (Å²) in [7, 11) is 1.57. The smallest absolute Gasteiger partial charge is 0.193 e. The van der Waals surface area contributed by atoms with E-state index in [0.717, 1.165) is 5.56 Å². The topological polar surface area (TPSA) is 26.3 Å². The number of methoxy groups -OCH3 is 1. The third-order valence-electron chi connectivity index (χ3n) is 2.80. The van der Waals surface area contributed by atoms with Crippen molar-refractivity contribution in [1.82, 2.24) is 0 Å². The molecule has 2 aromatic carbocycles. The molecule has 0 aliphatic heterocycles. The Morgan fingerprint density at radius 2 is 1.95 bits per heavy atom. The Kier molecular flexibility index (Phi) is 4.00. The number of benzene rings is 2. The lowest BCUT2D eigenvalue weighted by molar-refractivity contribution is 0.103. The first-order chi connectivity index (χ1) is 9.01. The molecule has 0 aliphatic carbocycles. The maximum absolute atomic E-state index is 13.3. The molecule has 98 valence electrons. The summed E-state index contributed by atoms with van der Waals surface area (Å²) in [6, 6.07) is 9.34. The number of carbonyl (C=O) groups is 1. The molecule has 0 radical (unpaired) electrons. The number of halogens is 2. The highest BCUT2D eigenvalue weighted by Gasteiger charge is 2.14. The maximum atomic E-state index is 13.3. The summed E-state index contributed by atoms with van der Waals surface area (Å²) in [5, 5.41) is 0. The van der Waals surface area contributed by atoms with Gasteiger partial charge in [-0.05, 0) is 48.9 Å². The molecule has 4 heteroatoms. The lowest BCUT2D eigenvalue weighted by Gasteiger charge is -2.08. The average molecular weight is 323 g/mol. The van der Waals surface area contributed by atoms with E-state index in [4.69, 9.17) is 4.74 Å². The molecular weight excluding hydrogens is 311 g/mol. The Hall–Kier alpha value is -1.68. The zero-order valence-electron chi connectivity index (χ0n) is 10.5. The fraction of sp³-hybridized carbons (Fsp3) is 0.133. The second kappa shape index (κ2) is 5.53. The molecule has 0 N–H and O–H groups in total. The monoisotopic (exact) mass is 322 g/mol. The van der Waals surface area contributed by atoms with Crippen molar-refractivity contribution in [2.24, 2.45) is 0 Å². The number of ether oxygens (including phenoxy) is 1. The van der Waals surface area contributed by atoms with Crippen LogP contribution in [0.15, 0.2) is 40.9 Å². The van der Waals surface area contributed by atoms with E-state index in [9.17, 15) is 9.18 Å². The number of hydrogen-bond acceptors (Lipinski definition) is 2. The van der Waals surface area contributed by atoms with Gasteiger partial charge in [-0.1, -0.05) is 15.9 Å². The van der Waals surface area contributed by atoms with Crippen LogP contribution in [0.25, 0.3) is 0 Å². The fourth-order valence-corrected chi connectivity index (χ4v) is 2.32. The van der Waals surface area contributed by atoms with E-state index in [0.29, 0.717) is 21.3 Å². The van der Waals surface area contributed by atoms with Gasteiger partial charge in [-0.3, -0.25) is 4.79 Å². The first-order valence-corrected chi connectivity index (χ1v) is 6.46. The molecule has 0 saturated heterocycles. The van der Waals surface area contributed by atoms with Crippen LogP contribution < -0.4 is 4.74 Å². The van der Waals surface area contributed by atoms with E-state index in [2.05, 4.69) is 15.9 Å². The predicted molar refractivity (Wildman–Crippen MR) is 75.3 cm³/mol. The summed E-state index contributed by atoms with van der Waals surface area (Å²) in [5.74, 6) is 0.0405. The third kappa shape index (κ3) is 3.01. The van der Waals surface area contributed by atoms with Gasteiger partial charge in [0.15, 0.2) is 5.78 Å². The number of hydrogen-bond donors (Lipinski definition) is 0. The van der Waals surface area contributed by atoms with E-state index in [1.54, 1.807) is 31.4 Å². The van der Waals surface area contributed by atoms with Crippen molar-refractivity contribution < 1.29 is 13.9 Å². The van der Waals surface area contributed by atoms with Crippen LogP contribution in [0.4, 0.5) is 4.39 Å². The number of aryl methyl sites for hydroxylation is 1. The van der Waals surface area contributed by atoms with Gasteiger partial charge in [0, 0.05) is 15.6 Å². The molecular formula is C15H12BrFO2. The van der Waals surface area contributed by atoms with Crippen LogP contribution in [0.2, 0.25) is 0 Å². The van der Waals surface area contributed by atoms with Crippen LogP contribution in [0, 0.1) is 12.7 Å². The van der Waals surface area contributed by atoms with Crippen LogP contribution in [-0.2, 0) is 0 Å². The van der Waals surface area contributed by atoms with Gasteiger partial charge >= 0.3 is 0 Å². The number of ketones is 1. The lowest BCUT2D eigenvalue weighted by Crippen LogP contribution is -2.04. The highest BCUT2D eigenvalue weighted by atomic mass is 79.9. The van der Waals surface area contributed by atoms with Gasteiger partial charge in [-0.2, -0.15) is 0 Å². The molecule has 0 fully saturated rings. The molecule has 0 amide bonds. The summed E-state index contributed by atoms with van der Waals surface area (Å²) in [6.45, 7) is 1.82. The van der Waals surface area contributed by atoms with Gasteiger partial charge in [-0.25, -0.2) is 4.39 Å². The SMILES string of the molecule is COc1ccc(C(=O)c2cc(F)cc(Br)c2)c(C)c1. The van der Waals surface area contributed by atoms with Gasteiger partial charge < -0.3 is 4.74 Å². The van der Waals surface area contributed by atoms with E-state index in [1.165, 1.54) is 12.1 Å². The number of carbonyl (C=O) groups excluding carboxylic acids is 1. The second-order valence-electron chi connectivity index (χ2n) is 4.17. The van der Waals surface area contributed by atoms with Gasteiger partial charge in [0.1, 0.15) is 11.6 Å². The molecule has 0 aromatic heterocycles. The largest absolute Gasteiger partial charge is 0.497 e. The third-order valence-corrected chi connectivity index (χ3v) is 3.26. The zero-order valence-corrected chi connectivity index (χ0v) is 12.1. The molecule has 0 aliphatic rings. The molecule has 2 aromatic rings. The Morgan fingerprint density at radius 3 is 2.53 bits per heavy atom. The molecule has 2 rings (SSSR count). The van der Waals surface area contributed by atoms with Gasteiger partial charge in [0.2, 0.25) is 0 Å². The quantitative estimate of drug-likeness (QED) is 0.794. The molecule has 19 heavy (non-hydrogen) atoms. The van der Waals surface area contributed by atoms with Gasteiger partial charge in [-0.15, -0.1) is 0 Å². The molecule has 0 atom stereocenters. The molecule has 0 spiro atoms. The van der Waals surface area contributed by atoms with Gasteiger partial charge in [0.05, 0.1) is 7.11 Å². The molecule has 0 saturated carbocycles. The van der Waals surface area contributed by atoms with Crippen LogP contribution in [-0.4, -0.2) is 12.9 Å². The standard InChI is InChI=1S/C15H12BrFO2/c1-9-5-13(19-2)3-4-14(9)15(18)10-6-11(16)8-12(17)7-10/h3-8H,1-2H3. The van der Waals surface area contributed by atoms with Crippen molar-refractivity contribution in [1.29, 1.82) is 0 Å². The zero-order chi connectivity index (χ0) is 14.0. The first kappa shape index (κ1) is 13.7. The average Bonchev–Trinajstić information content (AvgIpc) is 2.36. The predicted octanol–water partition coefficient (Wildman–Crippen LogP) is 4.14. The van der Waals surface area contributed by atoms with Crippen LogP contribution in [0.1, 0.15) is 21.5 Å². The summed E-state index contributed by atoms with van der Waals surface area (Å²) >= 11 is 3.18. The molecule has 0 heterocycles. The van der Waals surface area contributed by atoms with Crippen molar-refractivity contribution >= 4 is 21.7 Å². The normalized spacial score (nSPS) is 10.3. The second-order valence-corrected chi connectivity index (χ2v) is 5.08. The van der Waals surface area contributed by atoms with E-state index < -0.39 is 5.82 Å². The van der Waals surface area contributed by atoms with Crippen molar-refractivity contribution in [3.05, 3.63) is 63.4 Å². The van der Waals surface area contributed by atoms with Crippen LogP contribution >= 0.6 is 15.9 Å². The van der Waals surface area contributed by atoms with Crippen molar-refractivity contribution in [3.63, 3.8) is 0 Å². The molecule has 2 nitrogen and oxygen atoms in total. The number of rotatable bonds is 3. The fourth-order valence-electron chi connectivity index (χ4n) is 1.86. The highest BCUT2D eigenvalue weighted by Crippen LogP contribution is 2.22. The van der Waals surface area contributed by atoms with Gasteiger partial charge in [0.25, 0.3) is 0 Å². The minimum absolute atomic E-state index is 0.208. The van der Waals surface area contributed by atoms with E-state index in [-0.39, 0.29) is 5.78 Å². The Labute approximate surface area is 119 Å². The van der Waals surface area contributed by atoms with Crippen molar-refractivity contribution in [2.75, 3.05) is 7.11 Å². The van der Waals surface area contributed by atoms with Crippen molar-refractivity contribution in [3.8, 4) is 5.75 Å². The summed E-state index contributed by atoms with van der Waals surface area (Å²) in [6.07, 6.45) is 0. The molecule has 0 unspecified atom stereocenters. The highest BCUT2D eigenvalue weighted by molar-refractivity contribution is 9.10.